The van der Waals surface area contributed by atoms with Gasteiger partial charge in [0.15, 0.2) is 5.16 Å². The van der Waals surface area contributed by atoms with Gasteiger partial charge in [0, 0.05) is 0 Å². The SMILES string of the molecule is CC(C)C(Sc1nc2ccccc2c(=O)n1-c1ccc(F)c(Cl)c1)C(=O)NC(N)=O. The molecule has 3 rings (SSSR count). The molecule has 0 aliphatic carbocycles. The first kappa shape index (κ1) is 21.8. The summed E-state index contributed by atoms with van der Waals surface area (Å²) in [6, 6.07) is 9.63. The molecule has 1 heterocycles. The van der Waals surface area contributed by atoms with Crippen molar-refractivity contribution in [2.75, 3.05) is 0 Å². The molecule has 3 N–H and O–H groups in total. The van der Waals surface area contributed by atoms with E-state index >= 15 is 0 Å². The molecule has 0 aliphatic heterocycles. The molecule has 0 aliphatic rings. The van der Waals surface area contributed by atoms with Gasteiger partial charge in [-0.05, 0) is 36.2 Å². The Morgan fingerprint density at radius 3 is 2.57 bits per heavy atom. The fraction of sp³-hybridized carbons (Fsp3) is 0.200. The lowest BCUT2D eigenvalue weighted by atomic mass is 10.1. The van der Waals surface area contributed by atoms with Crippen LogP contribution in [0.15, 0.2) is 52.4 Å². The van der Waals surface area contributed by atoms with E-state index in [1.54, 1.807) is 38.1 Å². The van der Waals surface area contributed by atoms with Crippen LogP contribution in [0.1, 0.15) is 13.8 Å². The number of benzene rings is 2. The number of primary amides is 1. The zero-order valence-electron chi connectivity index (χ0n) is 16.1. The Morgan fingerprint density at radius 1 is 1.23 bits per heavy atom. The van der Waals surface area contributed by atoms with E-state index in [0.717, 1.165) is 17.8 Å². The normalized spacial score (nSPS) is 12.2. The molecule has 156 valence electrons. The minimum absolute atomic E-state index is 0.157. The van der Waals surface area contributed by atoms with E-state index in [2.05, 4.69) is 10.3 Å². The van der Waals surface area contributed by atoms with Crippen LogP contribution in [0.5, 0.6) is 0 Å². The second-order valence-corrected chi connectivity index (χ2v) is 8.30. The van der Waals surface area contributed by atoms with E-state index in [1.807, 2.05) is 0 Å². The number of nitrogens with zero attached hydrogens (tertiary/aromatic N) is 2. The van der Waals surface area contributed by atoms with Crippen molar-refractivity contribution in [1.82, 2.24) is 14.9 Å². The lowest BCUT2D eigenvalue weighted by Gasteiger charge is -2.21. The highest BCUT2D eigenvalue weighted by Gasteiger charge is 2.27. The van der Waals surface area contributed by atoms with Crippen LogP contribution in [-0.4, -0.2) is 26.7 Å². The van der Waals surface area contributed by atoms with Crippen LogP contribution in [0.2, 0.25) is 5.02 Å². The third kappa shape index (κ3) is 4.47. The number of hydrogen-bond acceptors (Lipinski definition) is 5. The van der Waals surface area contributed by atoms with Crippen molar-refractivity contribution in [3.05, 3.63) is 63.7 Å². The molecule has 0 saturated heterocycles. The van der Waals surface area contributed by atoms with Crippen molar-refractivity contribution in [3.63, 3.8) is 0 Å². The predicted molar refractivity (Wildman–Crippen MR) is 115 cm³/mol. The molecular formula is C20H18ClFN4O3S. The zero-order valence-corrected chi connectivity index (χ0v) is 17.6. The highest BCUT2D eigenvalue weighted by atomic mass is 35.5. The van der Waals surface area contributed by atoms with Crippen molar-refractivity contribution in [2.45, 2.75) is 24.3 Å². The van der Waals surface area contributed by atoms with E-state index in [-0.39, 0.29) is 16.1 Å². The molecule has 10 heteroatoms. The number of nitrogens with one attached hydrogen (secondary N) is 1. The van der Waals surface area contributed by atoms with Crippen LogP contribution in [0, 0.1) is 11.7 Å². The van der Waals surface area contributed by atoms with Gasteiger partial charge in [0.05, 0.1) is 26.9 Å². The van der Waals surface area contributed by atoms with E-state index in [1.165, 1.54) is 16.7 Å². The Morgan fingerprint density at radius 2 is 1.93 bits per heavy atom. The number of nitrogens with two attached hydrogens (primary N) is 1. The highest BCUT2D eigenvalue weighted by molar-refractivity contribution is 8.00. The highest BCUT2D eigenvalue weighted by Crippen LogP contribution is 2.30. The van der Waals surface area contributed by atoms with Gasteiger partial charge in [-0.1, -0.05) is 49.3 Å². The molecule has 0 radical (unpaired) electrons. The lowest BCUT2D eigenvalue weighted by Crippen LogP contribution is -2.42. The van der Waals surface area contributed by atoms with Crippen LogP contribution < -0.4 is 16.6 Å². The molecule has 0 fully saturated rings. The first-order valence-electron chi connectivity index (χ1n) is 8.93. The molecule has 30 heavy (non-hydrogen) atoms. The number of imide groups is 1. The van der Waals surface area contributed by atoms with E-state index < -0.39 is 28.6 Å². The van der Waals surface area contributed by atoms with Crippen LogP contribution >= 0.6 is 23.4 Å². The molecule has 1 atom stereocenters. The van der Waals surface area contributed by atoms with Crippen LogP contribution in [0.3, 0.4) is 0 Å². The summed E-state index contributed by atoms with van der Waals surface area (Å²) >= 11 is 6.92. The predicted octanol–water partition coefficient (Wildman–Crippen LogP) is 3.49. The van der Waals surface area contributed by atoms with Crippen LogP contribution in [-0.2, 0) is 4.79 Å². The molecule has 0 bridgehead atoms. The van der Waals surface area contributed by atoms with E-state index in [9.17, 15) is 18.8 Å². The molecule has 3 amide bonds. The summed E-state index contributed by atoms with van der Waals surface area (Å²) in [7, 11) is 0. The maximum Gasteiger partial charge on any atom is 0.318 e. The first-order valence-corrected chi connectivity index (χ1v) is 10.2. The second-order valence-electron chi connectivity index (χ2n) is 6.79. The largest absolute Gasteiger partial charge is 0.351 e. The summed E-state index contributed by atoms with van der Waals surface area (Å²) < 4.78 is 14.9. The van der Waals surface area contributed by atoms with Gasteiger partial charge in [-0.25, -0.2) is 14.2 Å². The number of urea groups is 1. The molecule has 3 aromatic rings. The Balaban J connectivity index is 2.21. The molecule has 1 aromatic heterocycles. The van der Waals surface area contributed by atoms with Crippen molar-refractivity contribution in [3.8, 4) is 5.69 Å². The maximum atomic E-state index is 13.7. The monoisotopic (exact) mass is 448 g/mol. The van der Waals surface area contributed by atoms with Gasteiger partial charge in [0.2, 0.25) is 5.91 Å². The number of thioether (sulfide) groups is 1. The quantitative estimate of drug-likeness (QED) is 0.459. The van der Waals surface area contributed by atoms with Crippen LogP contribution in [0.25, 0.3) is 16.6 Å². The third-order valence-electron chi connectivity index (χ3n) is 4.25. The lowest BCUT2D eigenvalue weighted by molar-refractivity contribution is -0.120. The molecule has 1 unspecified atom stereocenters. The molecule has 0 spiro atoms. The first-order chi connectivity index (χ1) is 14.2. The van der Waals surface area contributed by atoms with Gasteiger partial charge in [0.1, 0.15) is 5.82 Å². The Hall–Kier alpha value is -2.91. The van der Waals surface area contributed by atoms with E-state index in [0.29, 0.717) is 16.6 Å². The van der Waals surface area contributed by atoms with Crippen molar-refractivity contribution in [2.24, 2.45) is 11.7 Å². The number of amides is 3. The number of halogens is 2. The number of carbonyl (C=O) groups excluding carboxylic acids is 2. The Kier molecular flexibility index (Phi) is 6.42. The van der Waals surface area contributed by atoms with Gasteiger partial charge >= 0.3 is 6.03 Å². The summed E-state index contributed by atoms with van der Waals surface area (Å²) in [6.45, 7) is 3.58. The van der Waals surface area contributed by atoms with Gasteiger partial charge in [0.25, 0.3) is 5.56 Å². The fourth-order valence-corrected chi connectivity index (χ4v) is 4.13. The number of carbonyl (C=O) groups is 2. The Labute approximate surface area is 180 Å². The third-order valence-corrected chi connectivity index (χ3v) is 6.04. The summed E-state index contributed by atoms with van der Waals surface area (Å²) in [4.78, 5) is 41.4. The summed E-state index contributed by atoms with van der Waals surface area (Å²) in [5.74, 6) is -1.45. The number of hydrogen-bond donors (Lipinski definition) is 2. The summed E-state index contributed by atoms with van der Waals surface area (Å²) in [6.07, 6.45) is 0. The van der Waals surface area contributed by atoms with Crippen LogP contribution in [0.4, 0.5) is 9.18 Å². The van der Waals surface area contributed by atoms with Crippen molar-refractivity contribution >= 4 is 46.2 Å². The summed E-state index contributed by atoms with van der Waals surface area (Å²) in [5, 5.41) is 1.68. The Bertz CT molecular complexity index is 1200. The zero-order chi connectivity index (χ0) is 22.0. The standard InChI is InChI=1S/C20H18ClFN4O3S/c1-10(2)16(17(27)25-19(23)29)30-20-24-15-6-4-3-5-12(15)18(28)26(20)11-7-8-14(22)13(21)9-11/h3-10,16H,1-2H3,(H3,23,25,27,29). The average molecular weight is 449 g/mol. The van der Waals surface area contributed by atoms with Gasteiger partial charge < -0.3 is 5.73 Å². The number of rotatable bonds is 5. The van der Waals surface area contributed by atoms with E-state index in [4.69, 9.17) is 17.3 Å². The summed E-state index contributed by atoms with van der Waals surface area (Å²) in [5.41, 5.74) is 5.41. The molecular weight excluding hydrogens is 431 g/mol. The number of para-hydroxylation sites is 1. The van der Waals surface area contributed by atoms with Crippen molar-refractivity contribution < 1.29 is 14.0 Å². The number of fused-ring (bicyclic) bond motifs is 1. The molecule has 2 aromatic carbocycles. The fourth-order valence-electron chi connectivity index (χ4n) is 2.84. The maximum absolute atomic E-state index is 13.7. The minimum atomic E-state index is -0.972. The van der Waals surface area contributed by atoms with Gasteiger partial charge in [-0.15, -0.1) is 0 Å². The minimum Gasteiger partial charge on any atom is -0.351 e. The van der Waals surface area contributed by atoms with Gasteiger partial charge in [-0.3, -0.25) is 19.5 Å². The number of aromatic nitrogens is 2. The van der Waals surface area contributed by atoms with Crippen molar-refractivity contribution in [1.29, 1.82) is 0 Å². The smallest absolute Gasteiger partial charge is 0.318 e. The van der Waals surface area contributed by atoms with Gasteiger partial charge in [-0.2, -0.15) is 0 Å². The molecule has 7 nitrogen and oxygen atoms in total. The topological polar surface area (TPSA) is 107 Å². The molecule has 0 saturated carbocycles. The second kappa shape index (κ2) is 8.85. The average Bonchev–Trinajstić information content (AvgIpc) is 2.67.